The average molecular weight is 274 g/mol. The van der Waals surface area contributed by atoms with Crippen molar-refractivity contribution in [3.63, 3.8) is 0 Å². The molecule has 106 valence electrons. The van der Waals surface area contributed by atoms with E-state index in [1.165, 1.54) is 0 Å². The zero-order chi connectivity index (χ0) is 13.9. The van der Waals surface area contributed by atoms with Gasteiger partial charge in [0.25, 0.3) is 0 Å². The molecule has 6 heteroatoms. The van der Waals surface area contributed by atoms with Gasteiger partial charge in [-0.3, -0.25) is 4.79 Å². The molecule has 1 amide bonds. The lowest BCUT2D eigenvalue weighted by molar-refractivity contribution is -0.132. The third kappa shape index (κ3) is 2.45. The van der Waals surface area contributed by atoms with Crippen LogP contribution in [0.5, 0.6) is 0 Å². The number of fused-ring (bicyclic) bond motifs is 1. The van der Waals surface area contributed by atoms with Gasteiger partial charge in [0, 0.05) is 32.4 Å². The van der Waals surface area contributed by atoms with Crippen LogP contribution in [0.1, 0.15) is 30.8 Å². The summed E-state index contributed by atoms with van der Waals surface area (Å²) in [5, 5.41) is 8.33. The summed E-state index contributed by atoms with van der Waals surface area (Å²) < 4.78 is 7.37. The van der Waals surface area contributed by atoms with Gasteiger partial charge in [-0.25, -0.2) is 0 Å². The summed E-state index contributed by atoms with van der Waals surface area (Å²) in [4.78, 5) is 14.1. The van der Waals surface area contributed by atoms with Crippen LogP contribution >= 0.6 is 0 Å². The summed E-state index contributed by atoms with van der Waals surface area (Å²) >= 11 is 0. The normalized spacial score (nSPS) is 14.3. The molecule has 0 aromatic carbocycles. The first-order valence-corrected chi connectivity index (χ1v) is 6.99. The van der Waals surface area contributed by atoms with Gasteiger partial charge in [-0.2, -0.15) is 0 Å². The smallest absolute Gasteiger partial charge is 0.223 e. The molecule has 0 N–H and O–H groups in total. The molecule has 1 aliphatic rings. The fourth-order valence-electron chi connectivity index (χ4n) is 2.54. The topological polar surface area (TPSA) is 64.2 Å². The van der Waals surface area contributed by atoms with Crippen molar-refractivity contribution in [2.24, 2.45) is 0 Å². The molecule has 2 aromatic heterocycles. The van der Waals surface area contributed by atoms with Crippen LogP contribution in [0.15, 0.2) is 22.8 Å². The molecule has 0 saturated heterocycles. The predicted molar refractivity (Wildman–Crippen MR) is 71.8 cm³/mol. The Labute approximate surface area is 117 Å². The van der Waals surface area contributed by atoms with E-state index in [1.807, 2.05) is 17.0 Å². The molecule has 0 unspecified atom stereocenters. The van der Waals surface area contributed by atoms with Crippen LogP contribution in [0, 0.1) is 0 Å². The number of hydrogen-bond acceptors (Lipinski definition) is 4. The molecule has 2 aromatic rings. The number of nitrogens with zero attached hydrogens (tertiary/aromatic N) is 4. The highest BCUT2D eigenvalue weighted by Crippen LogP contribution is 2.14. The first-order chi connectivity index (χ1) is 9.78. The van der Waals surface area contributed by atoms with E-state index in [4.69, 9.17) is 4.42 Å². The number of amides is 1. The lowest BCUT2D eigenvalue weighted by atomic mass is 10.2. The summed E-state index contributed by atoms with van der Waals surface area (Å²) in [6.45, 7) is 4.15. The SMILES string of the molecule is CCc1nnc2n1CCN(C(=O)CCc1ccco1)C2. The van der Waals surface area contributed by atoms with Crippen LogP contribution in [0.2, 0.25) is 0 Å². The summed E-state index contributed by atoms with van der Waals surface area (Å²) in [5.41, 5.74) is 0. The van der Waals surface area contributed by atoms with Crippen molar-refractivity contribution in [1.29, 1.82) is 0 Å². The van der Waals surface area contributed by atoms with Gasteiger partial charge in [0.05, 0.1) is 12.8 Å². The summed E-state index contributed by atoms with van der Waals surface area (Å²) in [7, 11) is 0. The minimum Gasteiger partial charge on any atom is -0.469 e. The maximum absolute atomic E-state index is 12.2. The van der Waals surface area contributed by atoms with Crippen LogP contribution in [-0.4, -0.2) is 32.1 Å². The fraction of sp³-hybridized carbons (Fsp3) is 0.500. The molecule has 0 atom stereocenters. The number of rotatable bonds is 4. The quantitative estimate of drug-likeness (QED) is 0.845. The molecular formula is C14H18N4O2. The molecule has 0 spiro atoms. The molecule has 0 saturated carbocycles. The number of hydrogen-bond donors (Lipinski definition) is 0. The largest absolute Gasteiger partial charge is 0.469 e. The number of carbonyl (C=O) groups is 1. The lowest BCUT2D eigenvalue weighted by Crippen LogP contribution is -2.38. The summed E-state index contributed by atoms with van der Waals surface area (Å²) in [6, 6.07) is 3.74. The van der Waals surface area contributed by atoms with E-state index >= 15 is 0 Å². The maximum Gasteiger partial charge on any atom is 0.223 e. The second-order valence-corrected chi connectivity index (χ2v) is 4.93. The van der Waals surface area contributed by atoms with E-state index in [2.05, 4.69) is 21.7 Å². The molecule has 3 heterocycles. The Morgan fingerprint density at radius 1 is 1.40 bits per heavy atom. The van der Waals surface area contributed by atoms with Crippen molar-refractivity contribution in [1.82, 2.24) is 19.7 Å². The Bertz CT molecular complexity index is 588. The van der Waals surface area contributed by atoms with E-state index in [-0.39, 0.29) is 5.91 Å². The number of aryl methyl sites for hydroxylation is 2. The highest BCUT2D eigenvalue weighted by Gasteiger charge is 2.23. The van der Waals surface area contributed by atoms with Gasteiger partial charge in [0.15, 0.2) is 5.82 Å². The monoisotopic (exact) mass is 274 g/mol. The van der Waals surface area contributed by atoms with Gasteiger partial charge in [-0.1, -0.05) is 6.92 Å². The zero-order valence-electron chi connectivity index (χ0n) is 11.6. The summed E-state index contributed by atoms with van der Waals surface area (Å²) in [5.74, 6) is 2.89. The molecule has 3 rings (SSSR count). The van der Waals surface area contributed by atoms with Gasteiger partial charge < -0.3 is 13.9 Å². The third-order valence-electron chi connectivity index (χ3n) is 3.66. The third-order valence-corrected chi connectivity index (χ3v) is 3.66. The molecule has 6 nitrogen and oxygen atoms in total. The molecule has 0 radical (unpaired) electrons. The standard InChI is InChI=1S/C14H18N4O2/c1-2-12-15-16-13-10-17(7-8-18(12)13)14(19)6-5-11-4-3-9-20-11/h3-4,9H,2,5-8,10H2,1H3. The van der Waals surface area contributed by atoms with Crippen molar-refractivity contribution < 1.29 is 9.21 Å². The molecule has 20 heavy (non-hydrogen) atoms. The van der Waals surface area contributed by atoms with Gasteiger partial charge in [0.2, 0.25) is 5.91 Å². The maximum atomic E-state index is 12.2. The summed E-state index contributed by atoms with van der Waals surface area (Å²) in [6.07, 6.45) is 3.63. The van der Waals surface area contributed by atoms with Crippen molar-refractivity contribution in [3.05, 3.63) is 35.8 Å². The van der Waals surface area contributed by atoms with E-state index in [1.54, 1.807) is 6.26 Å². The van der Waals surface area contributed by atoms with E-state index in [0.29, 0.717) is 19.4 Å². The highest BCUT2D eigenvalue weighted by molar-refractivity contribution is 5.76. The number of furan rings is 1. The van der Waals surface area contributed by atoms with E-state index < -0.39 is 0 Å². The molecule has 0 aliphatic carbocycles. The van der Waals surface area contributed by atoms with Crippen LogP contribution in [0.4, 0.5) is 0 Å². The Hall–Kier alpha value is -2.11. The van der Waals surface area contributed by atoms with Crippen LogP contribution in [0.3, 0.4) is 0 Å². The fourth-order valence-corrected chi connectivity index (χ4v) is 2.54. The first-order valence-electron chi connectivity index (χ1n) is 6.99. The van der Waals surface area contributed by atoms with Gasteiger partial charge in [-0.15, -0.1) is 10.2 Å². The Balaban J connectivity index is 1.60. The Morgan fingerprint density at radius 2 is 2.30 bits per heavy atom. The van der Waals surface area contributed by atoms with Gasteiger partial charge in [0.1, 0.15) is 11.6 Å². The minimum absolute atomic E-state index is 0.147. The second kappa shape index (κ2) is 5.48. The van der Waals surface area contributed by atoms with E-state index in [0.717, 1.165) is 36.9 Å². The highest BCUT2D eigenvalue weighted by atomic mass is 16.3. The Morgan fingerprint density at radius 3 is 3.05 bits per heavy atom. The minimum atomic E-state index is 0.147. The molecule has 0 fully saturated rings. The first kappa shape index (κ1) is 12.9. The predicted octanol–water partition coefficient (Wildman–Crippen LogP) is 1.41. The molecule has 1 aliphatic heterocycles. The van der Waals surface area contributed by atoms with Crippen LogP contribution < -0.4 is 0 Å². The van der Waals surface area contributed by atoms with E-state index in [9.17, 15) is 4.79 Å². The second-order valence-electron chi connectivity index (χ2n) is 4.93. The zero-order valence-corrected chi connectivity index (χ0v) is 11.6. The van der Waals surface area contributed by atoms with Crippen molar-refractivity contribution in [2.75, 3.05) is 6.54 Å². The van der Waals surface area contributed by atoms with Crippen LogP contribution in [0.25, 0.3) is 0 Å². The van der Waals surface area contributed by atoms with Crippen LogP contribution in [-0.2, 0) is 30.7 Å². The molecular weight excluding hydrogens is 256 g/mol. The Kier molecular flexibility index (Phi) is 3.54. The van der Waals surface area contributed by atoms with Gasteiger partial charge in [-0.05, 0) is 12.1 Å². The van der Waals surface area contributed by atoms with Crippen molar-refractivity contribution in [2.45, 2.75) is 39.3 Å². The van der Waals surface area contributed by atoms with Gasteiger partial charge >= 0.3 is 0 Å². The number of aromatic nitrogens is 3. The van der Waals surface area contributed by atoms with Crippen molar-refractivity contribution in [3.8, 4) is 0 Å². The number of carbonyl (C=O) groups excluding carboxylic acids is 1. The average Bonchev–Trinajstić information content (AvgIpc) is 3.13. The lowest BCUT2D eigenvalue weighted by Gasteiger charge is -2.27. The molecule has 0 bridgehead atoms. The van der Waals surface area contributed by atoms with Crippen molar-refractivity contribution >= 4 is 5.91 Å².